The van der Waals surface area contributed by atoms with Crippen molar-refractivity contribution in [3.63, 3.8) is 0 Å². The van der Waals surface area contributed by atoms with Gasteiger partial charge in [-0.1, -0.05) is 54.6 Å². The van der Waals surface area contributed by atoms with E-state index in [1.807, 2.05) is 48.5 Å². The van der Waals surface area contributed by atoms with E-state index in [2.05, 4.69) is 0 Å². The van der Waals surface area contributed by atoms with Gasteiger partial charge in [0.25, 0.3) is 0 Å². The van der Waals surface area contributed by atoms with Crippen molar-refractivity contribution in [1.82, 2.24) is 0 Å². The Bertz CT molecular complexity index is 517. The molecule has 0 aliphatic rings. The highest BCUT2D eigenvalue weighted by Crippen LogP contribution is 2.23. The zero-order valence-electron chi connectivity index (χ0n) is 8.68. The Labute approximate surface area is 94.1 Å². The Morgan fingerprint density at radius 1 is 0.938 bits per heavy atom. The van der Waals surface area contributed by atoms with E-state index in [0.717, 1.165) is 17.3 Å². The molecule has 0 bridgehead atoms. The van der Waals surface area contributed by atoms with Crippen LogP contribution in [0.2, 0.25) is 0 Å². The van der Waals surface area contributed by atoms with Gasteiger partial charge in [0.05, 0.1) is 6.21 Å². The maximum Gasteiger partial charge on any atom is 0.203 e. The van der Waals surface area contributed by atoms with Crippen LogP contribution in [0.15, 0.2) is 54.6 Å². The van der Waals surface area contributed by atoms with Crippen molar-refractivity contribution in [1.29, 1.82) is 5.41 Å². The summed E-state index contributed by atoms with van der Waals surface area (Å²) in [5.41, 5.74) is 2.44. The van der Waals surface area contributed by atoms with Crippen molar-refractivity contribution in [2.75, 3.05) is 0 Å². The van der Waals surface area contributed by atoms with Crippen molar-refractivity contribution < 1.29 is 4.79 Å². The molecule has 2 rings (SSSR count). The van der Waals surface area contributed by atoms with Gasteiger partial charge >= 0.3 is 0 Å². The zero-order chi connectivity index (χ0) is 11.4. The van der Waals surface area contributed by atoms with E-state index >= 15 is 0 Å². The Kier molecular flexibility index (Phi) is 2.92. The minimum absolute atomic E-state index is 0.264. The van der Waals surface area contributed by atoms with Gasteiger partial charge in [0.2, 0.25) is 5.78 Å². The summed E-state index contributed by atoms with van der Waals surface area (Å²) in [6, 6.07) is 17.0. The van der Waals surface area contributed by atoms with Crippen LogP contribution in [0, 0.1) is 5.41 Å². The average Bonchev–Trinajstić information content (AvgIpc) is 2.39. The van der Waals surface area contributed by atoms with E-state index in [9.17, 15) is 4.79 Å². The number of rotatable bonds is 3. The van der Waals surface area contributed by atoms with Crippen LogP contribution < -0.4 is 0 Å². The van der Waals surface area contributed by atoms with Crippen LogP contribution in [0.5, 0.6) is 0 Å². The minimum Gasteiger partial charge on any atom is -0.305 e. The molecule has 0 amide bonds. The molecule has 0 aliphatic carbocycles. The summed E-state index contributed by atoms with van der Waals surface area (Å²) in [6.45, 7) is 0. The fourth-order valence-electron chi connectivity index (χ4n) is 1.65. The standard InChI is InChI=1S/C14H11NO/c15-10-14(16)13-9-5-4-8-12(13)11-6-2-1-3-7-11/h1-10,15H. The maximum atomic E-state index is 11.6. The molecule has 2 heteroatoms. The lowest BCUT2D eigenvalue weighted by molar-refractivity contribution is 0.107. The Hall–Kier alpha value is -2.22. The lowest BCUT2D eigenvalue weighted by atomic mass is 9.97. The highest BCUT2D eigenvalue weighted by molar-refractivity contribution is 6.35. The number of nitrogens with one attached hydrogen (secondary N) is 1. The Morgan fingerprint density at radius 2 is 1.56 bits per heavy atom. The van der Waals surface area contributed by atoms with Crippen LogP contribution in [0.25, 0.3) is 11.1 Å². The molecule has 0 radical (unpaired) electrons. The van der Waals surface area contributed by atoms with Gasteiger partial charge in [0.15, 0.2) is 0 Å². The number of carbonyl (C=O) groups is 1. The van der Waals surface area contributed by atoms with E-state index in [0.29, 0.717) is 5.56 Å². The number of hydrogen-bond donors (Lipinski definition) is 1. The van der Waals surface area contributed by atoms with Crippen molar-refractivity contribution in [3.8, 4) is 11.1 Å². The second kappa shape index (κ2) is 4.53. The zero-order valence-corrected chi connectivity index (χ0v) is 8.68. The SMILES string of the molecule is N=CC(=O)c1ccccc1-c1ccccc1. The van der Waals surface area contributed by atoms with E-state index < -0.39 is 0 Å². The van der Waals surface area contributed by atoms with Crippen LogP contribution in [-0.4, -0.2) is 12.0 Å². The summed E-state index contributed by atoms with van der Waals surface area (Å²) in [6.07, 6.45) is 0.849. The van der Waals surface area contributed by atoms with Gasteiger partial charge in [-0.2, -0.15) is 0 Å². The predicted molar refractivity (Wildman–Crippen MR) is 65.0 cm³/mol. The fourth-order valence-corrected chi connectivity index (χ4v) is 1.65. The van der Waals surface area contributed by atoms with Crippen LogP contribution in [0.4, 0.5) is 0 Å². The molecular formula is C14H11NO. The molecule has 0 saturated heterocycles. The molecule has 0 spiro atoms. The summed E-state index contributed by atoms with van der Waals surface area (Å²) in [7, 11) is 0. The molecule has 16 heavy (non-hydrogen) atoms. The summed E-state index contributed by atoms with van der Waals surface area (Å²) in [4.78, 5) is 11.6. The topological polar surface area (TPSA) is 40.9 Å². The maximum absolute atomic E-state index is 11.6. The van der Waals surface area contributed by atoms with Gasteiger partial charge in [-0.05, 0) is 11.1 Å². The third kappa shape index (κ3) is 1.91. The average molecular weight is 209 g/mol. The van der Waals surface area contributed by atoms with Gasteiger partial charge in [0.1, 0.15) is 0 Å². The third-order valence-electron chi connectivity index (χ3n) is 2.41. The van der Waals surface area contributed by atoms with Crippen molar-refractivity contribution in [2.45, 2.75) is 0 Å². The van der Waals surface area contributed by atoms with Crippen LogP contribution in [0.3, 0.4) is 0 Å². The number of hydrogen-bond acceptors (Lipinski definition) is 2. The van der Waals surface area contributed by atoms with Crippen molar-refractivity contribution in [2.24, 2.45) is 0 Å². The molecule has 0 unspecified atom stereocenters. The van der Waals surface area contributed by atoms with Gasteiger partial charge in [0, 0.05) is 5.56 Å². The first kappa shape index (κ1) is 10.3. The molecule has 0 saturated carbocycles. The molecule has 0 atom stereocenters. The van der Waals surface area contributed by atoms with Gasteiger partial charge < -0.3 is 5.41 Å². The smallest absolute Gasteiger partial charge is 0.203 e. The second-order valence-corrected chi connectivity index (χ2v) is 3.42. The molecule has 2 aromatic carbocycles. The molecule has 0 aliphatic heterocycles. The lowest BCUT2D eigenvalue weighted by Gasteiger charge is -2.06. The van der Waals surface area contributed by atoms with Gasteiger partial charge in [-0.15, -0.1) is 0 Å². The molecule has 1 N–H and O–H groups in total. The number of Topliss-reactive ketones (excluding diaryl/α,β-unsaturated/α-hetero) is 1. The molecule has 2 nitrogen and oxygen atoms in total. The largest absolute Gasteiger partial charge is 0.305 e. The predicted octanol–water partition coefficient (Wildman–Crippen LogP) is 3.19. The molecule has 0 aromatic heterocycles. The highest BCUT2D eigenvalue weighted by Gasteiger charge is 2.09. The van der Waals surface area contributed by atoms with Crippen molar-refractivity contribution in [3.05, 3.63) is 60.2 Å². The van der Waals surface area contributed by atoms with Crippen LogP contribution in [-0.2, 0) is 0 Å². The summed E-state index contributed by atoms with van der Waals surface area (Å²) in [5, 5.41) is 7.03. The molecule has 2 aromatic rings. The van der Waals surface area contributed by atoms with E-state index in [1.54, 1.807) is 6.07 Å². The highest BCUT2D eigenvalue weighted by atomic mass is 16.1. The molecule has 78 valence electrons. The number of benzene rings is 2. The first-order chi connectivity index (χ1) is 7.83. The van der Waals surface area contributed by atoms with Gasteiger partial charge in [-0.3, -0.25) is 4.79 Å². The Balaban J connectivity index is 2.57. The normalized spacial score (nSPS) is 9.75. The molecular weight excluding hydrogens is 198 g/mol. The van der Waals surface area contributed by atoms with E-state index in [4.69, 9.17) is 5.41 Å². The first-order valence-corrected chi connectivity index (χ1v) is 5.02. The van der Waals surface area contributed by atoms with Crippen molar-refractivity contribution >= 4 is 12.0 Å². The second-order valence-electron chi connectivity index (χ2n) is 3.42. The Morgan fingerprint density at radius 3 is 2.25 bits per heavy atom. The van der Waals surface area contributed by atoms with E-state index in [-0.39, 0.29) is 5.78 Å². The monoisotopic (exact) mass is 209 g/mol. The third-order valence-corrected chi connectivity index (χ3v) is 2.41. The van der Waals surface area contributed by atoms with Crippen LogP contribution in [0.1, 0.15) is 10.4 Å². The molecule has 0 fully saturated rings. The number of carbonyl (C=O) groups excluding carboxylic acids is 1. The minimum atomic E-state index is -0.264. The number of ketones is 1. The summed E-state index contributed by atoms with van der Waals surface area (Å²) >= 11 is 0. The van der Waals surface area contributed by atoms with E-state index in [1.165, 1.54) is 0 Å². The summed E-state index contributed by atoms with van der Waals surface area (Å²) in [5.74, 6) is -0.264. The van der Waals surface area contributed by atoms with Gasteiger partial charge in [-0.25, -0.2) is 0 Å². The lowest BCUT2D eigenvalue weighted by Crippen LogP contribution is -2.01. The van der Waals surface area contributed by atoms with Crippen LogP contribution >= 0.6 is 0 Å². The summed E-state index contributed by atoms with van der Waals surface area (Å²) < 4.78 is 0. The first-order valence-electron chi connectivity index (χ1n) is 5.02. The molecule has 0 heterocycles. The fraction of sp³-hybridized carbons (Fsp3) is 0. The quantitative estimate of drug-likeness (QED) is 0.612.